The highest BCUT2D eigenvalue weighted by Crippen LogP contribution is 2.55. The first kappa shape index (κ1) is 13.8. The van der Waals surface area contributed by atoms with Crippen molar-refractivity contribution < 1.29 is 14.7 Å². The third-order valence-corrected chi connectivity index (χ3v) is 5.32. The number of carbonyl (C=O) groups is 2. The van der Waals surface area contributed by atoms with Crippen LogP contribution in [0.5, 0.6) is 0 Å². The normalized spacial score (nSPS) is 31.1. The summed E-state index contributed by atoms with van der Waals surface area (Å²) in [6.07, 6.45) is 8.55. The Morgan fingerprint density at radius 3 is 2.77 bits per heavy atom. The summed E-state index contributed by atoms with van der Waals surface area (Å²) >= 11 is 0. The molecule has 6 heteroatoms. The molecule has 1 aromatic heterocycles. The van der Waals surface area contributed by atoms with Crippen LogP contribution in [0.15, 0.2) is 12.4 Å². The second-order valence-electron chi connectivity index (χ2n) is 6.94. The maximum Gasteiger partial charge on any atom is 0.338 e. The maximum atomic E-state index is 12.6. The molecule has 22 heavy (non-hydrogen) atoms. The summed E-state index contributed by atoms with van der Waals surface area (Å²) < 4.78 is 1.72. The van der Waals surface area contributed by atoms with Crippen LogP contribution >= 0.6 is 0 Å². The van der Waals surface area contributed by atoms with E-state index >= 15 is 0 Å². The minimum Gasteiger partial charge on any atom is -0.478 e. The Morgan fingerprint density at radius 1 is 1.27 bits per heavy atom. The lowest BCUT2D eigenvalue weighted by molar-refractivity contribution is -0.134. The van der Waals surface area contributed by atoms with Crippen molar-refractivity contribution in [1.82, 2.24) is 14.7 Å². The highest BCUT2D eigenvalue weighted by Gasteiger charge is 2.52. The standard InChI is InChI=1S/C16H21N3O3/c20-15(14-6-13(14)10-3-4-10)18-5-1-2-12(9-18)19-8-11(7-17-19)16(21)22/h7-8,10,12-14H,1-6,9H2,(H,21,22)/t12-,13+,14-/m1/s1. The molecule has 0 aromatic carbocycles. The van der Waals surface area contributed by atoms with Gasteiger partial charge in [-0.2, -0.15) is 5.10 Å². The van der Waals surface area contributed by atoms with Crippen LogP contribution in [0.3, 0.4) is 0 Å². The van der Waals surface area contributed by atoms with Crippen molar-refractivity contribution in [3.8, 4) is 0 Å². The van der Waals surface area contributed by atoms with Gasteiger partial charge in [0.05, 0.1) is 17.8 Å². The van der Waals surface area contributed by atoms with Gasteiger partial charge in [-0.1, -0.05) is 0 Å². The largest absolute Gasteiger partial charge is 0.478 e. The quantitative estimate of drug-likeness (QED) is 0.920. The monoisotopic (exact) mass is 303 g/mol. The number of amides is 1. The van der Waals surface area contributed by atoms with Crippen LogP contribution in [-0.2, 0) is 4.79 Å². The van der Waals surface area contributed by atoms with Gasteiger partial charge >= 0.3 is 5.97 Å². The SMILES string of the molecule is O=C(O)c1cnn([C@@H]2CCCN(C(=O)[C@@H]3C[C@H]3C3CC3)C2)c1. The van der Waals surface area contributed by atoms with Crippen molar-refractivity contribution in [2.24, 2.45) is 17.8 Å². The fourth-order valence-electron chi connectivity index (χ4n) is 3.80. The third-order valence-electron chi connectivity index (χ3n) is 5.32. The van der Waals surface area contributed by atoms with E-state index in [2.05, 4.69) is 5.10 Å². The Balaban J connectivity index is 1.40. The molecule has 2 saturated carbocycles. The number of carboxylic acid groups (broad SMARTS) is 1. The molecule has 1 N–H and O–H groups in total. The van der Waals surface area contributed by atoms with Crippen molar-refractivity contribution in [3.05, 3.63) is 18.0 Å². The van der Waals surface area contributed by atoms with Crippen molar-refractivity contribution >= 4 is 11.9 Å². The molecule has 2 heterocycles. The Hall–Kier alpha value is -1.85. The minimum absolute atomic E-state index is 0.101. The molecule has 118 valence electrons. The lowest BCUT2D eigenvalue weighted by atomic mass is 10.0. The Labute approximate surface area is 129 Å². The third kappa shape index (κ3) is 2.51. The second-order valence-corrected chi connectivity index (χ2v) is 6.94. The average molecular weight is 303 g/mol. The van der Waals surface area contributed by atoms with Crippen LogP contribution in [0.25, 0.3) is 0 Å². The number of hydrogen-bond donors (Lipinski definition) is 1. The molecule has 1 saturated heterocycles. The highest BCUT2D eigenvalue weighted by molar-refractivity contribution is 5.86. The van der Waals surface area contributed by atoms with E-state index in [0.29, 0.717) is 18.4 Å². The number of carbonyl (C=O) groups excluding carboxylic acids is 1. The second kappa shape index (κ2) is 5.11. The first-order valence-corrected chi connectivity index (χ1v) is 8.19. The summed E-state index contributed by atoms with van der Waals surface area (Å²) in [5.74, 6) is 1.08. The van der Waals surface area contributed by atoms with Gasteiger partial charge in [-0.25, -0.2) is 4.79 Å². The van der Waals surface area contributed by atoms with Crippen molar-refractivity contribution in [2.75, 3.05) is 13.1 Å². The Bertz CT molecular complexity index is 608. The number of likely N-dealkylation sites (tertiary alicyclic amines) is 1. The molecule has 4 rings (SSSR count). The minimum atomic E-state index is -0.958. The van der Waals surface area contributed by atoms with Crippen LogP contribution in [0, 0.1) is 17.8 Å². The summed E-state index contributed by atoms with van der Waals surface area (Å²) in [6.45, 7) is 1.49. The fraction of sp³-hybridized carbons (Fsp3) is 0.688. The van der Waals surface area contributed by atoms with Gasteiger partial charge in [0.15, 0.2) is 0 Å². The molecule has 3 aliphatic rings. The zero-order chi connectivity index (χ0) is 15.3. The van der Waals surface area contributed by atoms with E-state index in [1.165, 1.54) is 19.0 Å². The van der Waals surface area contributed by atoms with E-state index in [9.17, 15) is 9.59 Å². The van der Waals surface area contributed by atoms with Crippen molar-refractivity contribution in [1.29, 1.82) is 0 Å². The molecule has 0 bridgehead atoms. The van der Waals surface area contributed by atoms with Crippen LogP contribution in [0.1, 0.15) is 48.5 Å². The topological polar surface area (TPSA) is 75.4 Å². The molecule has 6 nitrogen and oxygen atoms in total. The van der Waals surface area contributed by atoms with E-state index in [1.54, 1.807) is 10.9 Å². The van der Waals surface area contributed by atoms with E-state index < -0.39 is 5.97 Å². The first-order chi connectivity index (χ1) is 10.6. The molecule has 3 fully saturated rings. The van der Waals surface area contributed by atoms with E-state index in [-0.39, 0.29) is 17.5 Å². The van der Waals surface area contributed by atoms with E-state index in [1.807, 2.05) is 4.90 Å². The summed E-state index contributed by atoms with van der Waals surface area (Å²) in [5.41, 5.74) is 0.208. The molecule has 1 amide bonds. The average Bonchev–Trinajstić information content (AvgIpc) is 3.42. The van der Waals surface area contributed by atoms with E-state index in [4.69, 9.17) is 5.11 Å². The molecular weight excluding hydrogens is 282 g/mol. The first-order valence-electron chi connectivity index (χ1n) is 8.19. The van der Waals surface area contributed by atoms with Crippen LogP contribution in [-0.4, -0.2) is 44.8 Å². The number of aromatic nitrogens is 2. The molecule has 2 aliphatic carbocycles. The van der Waals surface area contributed by atoms with E-state index in [0.717, 1.165) is 31.7 Å². The Morgan fingerprint density at radius 2 is 2.09 bits per heavy atom. The summed E-state index contributed by atoms with van der Waals surface area (Å²) in [7, 11) is 0. The van der Waals surface area contributed by atoms with Crippen LogP contribution in [0.2, 0.25) is 0 Å². The molecule has 0 spiro atoms. The van der Waals surface area contributed by atoms with Gasteiger partial charge < -0.3 is 10.0 Å². The number of piperidine rings is 1. The highest BCUT2D eigenvalue weighted by atomic mass is 16.4. The fourth-order valence-corrected chi connectivity index (χ4v) is 3.80. The van der Waals surface area contributed by atoms with Crippen molar-refractivity contribution in [2.45, 2.75) is 38.1 Å². The zero-order valence-corrected chi connectivity index (χ0v) is 12.5. The predicted molar refractivity (Wildman–Crippen MR) is 78.4 cm³/mol. The van der Waals surface area contributed by atoms with Crippen LogP contribution < -0.4 is 0 Å². The lowest BCUT2D eigenvalue weighted by Gasteiger charge is -2.33. The number of hydrogen-bond acceptors (Lipinski definition) is 3. The smallest absolute Gasteiger partial charge is 0.338 e. The van der Waals surface area contributed by atoms with Gasteiger partial charge in [0.2, 0.25) is 5.91 Å². The van der Waals surface area contributed by atoms with Gasteiger partial charge in [0.25, 0.3) is 0 Å². The van der Waals surface area contributed by atoms with Gasteiger partial charge in [-0.15, -0.1) is 0 Å². The molecule has 0 unspecified atom stereocenters. The number of carboxylic acids is 1. The summed E-state index contributed by atoms with van der Waals surface area (Å²) in [4.78, 5) is 25.5. The van der Waals surface area contributed by atoms with Crippen LogP contribution in [0.4, 0.5) is 0 Å². The van der Waals surface area contributed by atoms with Gasteiger partial charge in [0.1, 0.15) is 0 Å². The molecule has 1 aromatic rings. The Kier molecular flexibility index (Phi) is 3.20. The molecular formula is C16H21N3O3. The summed E-state index contributed by atoms with van der Waals surface area (Å²) in [5, 5.41) is 13.2. The summed E-state index contributed by atoms with van der Waals surface area (Å²) in [6, 6.07) is 0.101. The van der Waals surface area contributed by atoms with Gasteiger partial charge in [-0.05, 0) is 43.9 Å². The number of aromatic carboxylic acids is 1. The van der Waals surface area contributed by atoms with Crippen molar-refractivity contribution in [3.63, 3.8) is 0 Å². The van der Waals surface area contributed by atoms with Gasteiger partial charge in [0, 0.05) is 25.2 Å². The number of nitrogens with zero attached hydrogens (tertiary/aromatic N) is 3. The zero-order valence-electron chi connectivity index (χ0n) is 12.5. The lowest BCUT2D eigenvalue weighted by Crippen LogP contribution is -2.41. The predicted octanol–water partition coefficient (Wildman–Crippen LogP) is 1.79. The van der Waals surface area contributed by atoms with Gasteiger partial charge in [-0.3, -0.25) is 9.48 Å². The molecule has 3 atom stereocenters. The number of rotatable bonds is 4. The molecule has 0 radical (unpaired) electrons. The molecule has 1 aliphatic heterocycles. The maximum absolute atomic E-state index is 12.6.